The highest BCUT2D eigenvalue weighted by molar-refractivity contribution is 5.79. The maximum atomic E-state index is 12.6. The van der Waals surface area contributed by atoms with Crippen LogP contribution in [0.15, 0.2) is 29.1 Å². The van der Waals surface area contributed by atoms with Gasteiger partial charge in [0.15, 0.2) is 0 Å². The standard InChI is InChI=1S/C15H21N5O2/c1-11-4-7-22-14(11)8-15(21)19-9-12(18(2)3)13(10-19)20-6-5-16-17-20/h4-7,12-13H,8-10H2,1-3H3/t12-,13+/m1/s1. The highest BCUT2D eigenvalue weighted by Gasteiger charge is 2.38. The molecule has 1 amide bonds. The lowest BCUT2D eigenvalue weighted by molar-refractivity contribution is -0.129. The summed E-state index contributed by atoms with van der Waals surface area (Å²) in [6.45, 7) is 3.29. The monoisotopic (exact) mass is 303 g/mol. The molecule has 0 radical (unpaired) electrons. The Labute approximate surface area is 129 Å². The molecule has 3 rings (SSSR count). The third kappa shape index (κ3) is 2.76. The third-order valence-corrected chi connectivity index (χ3v) is 4.34. The summed E-state index contributed by atoms with van der Waals surface area (Å²) in [6.07, 6.45) is 5.46. The molecule has 2 aromatic heterocycles. The van der Waals surface area contributed by atoms with Crippen LogP contribution in [-0.4, -0.2) is 63.9 Å². The summed E-state index contributed by atoms with van der Waals surface area (Å²) in [7, 11) is 4.05. The van der Waals surface area contributed by atoms with E-state index in [9.17, 15) is 4.79 Å². The number of aryl methyl sites for hydroxylation is 1. The molecule has 7 heteroatoms. The smallest absolute Gasteiger partial charge is 0.230 e. The van der Waals surface area contributed by atoms with Crippen molar-refractivity contribution in [2.45, 2.75) is 25.4 Å². The summed E-state index contributed by atoms with van der Waals surface area (Å²) in [5.74, 6) is 0.836. The van der Waals surface area contributed by atoms with Crippen LogP contribution < -0.4 is 0 Å². The fourth-order valence-corrected chi connectivity index (χ4v) is 2.97. The average molecular weight is 303 g/mol. The number of nitrogens with zero attached hydrogens (tertiary/aromatic N) is 5. The van der Waals surface area contributed by atoms with Crippen molar-refractivity contribution in [2.75, 3.05) is 27.2 Å². The second kappa shape index (κ2) is 5.92. The normalized spacial score (nSPS) is 21.7. The first-order valence-electron chi connectivity index (χ1n) is 7.39. The Morgan fingerprint density at radius 1 is 1.45 bits per heavy atom. The van der Waals surface area contributed by atoms with Crippen molar-refractivity contribution in [3.63, 3.8) is 0 Å². The molecule has 0 spiro atoms. The van der Waals surface area contributed by atoms with Crippen molar-refractivity contribution in [3.8, 4) is 0 Å². The van der Waals surface area contributed by atoms with E-state index in [2.05, 4.69) is 15.2 Å². The van der Waals surface area contributed by atoms with Gasteiger partial charge in [-0.1, -0.05) is 5.21 Å². The molecule has 0 saturated carbocycles. The van der Waals surface area contributed by atoms with E-state index in [0.29, 0.717) is 19.5 Å². The van der Waals surface area contributed by atoms with E-state index in [1.54, 1.807) is 12.5 Å². The molecule has 1 aliphatic rings. The Hall–Kier alpha value is -2.15. The Balaban J connectivity index is 1.73. The highest BCUT2D eigenvalue weighted by Crippen LogP contribution is 2.25. The second-order valence-electron chi connectivity index (χ2n) is 5.98. The largest absolute Gasteiger partial charge is 0.469 e. The number of aromatic nitrogens is 3. The zero-order chi connectivity index (χ0) is 15.7. The molecular formula is C15H21N5O2. The summed E-state index contributed by atoms with van der Waals surface area (Å²) in [5, 5.41) is 7.98. The number of carbonyl (C=O) groups excluding carboxylic acids is 1. The molecule has 118 valence electrons. The average Bonchev–Trinajstić information content (AvgIpc) is 3.18. The van der Waals surface area contributed by atoms with Crippen LogP contribution in [0.1, 0.15) is 17.4 Å². The molecule has 2 aromatic rings. The SMILES string of the molecule is Cc1ccoc1CC(=O)N1C[C@@H](N(C)C)[C@@H](n2ccnn2)C1. The highest BCUT2D eigenvalue weighted by atomic mass is 16.3. The third-order valence-electron chi connectivity index (χ3n) is 4.34. The number of likely N-dealkylation sites (N-methyl/N-ethyl adjacent to an activating group) is 1. The van der Waals surface area contributed by atoms with Crippen molar-refractivity contribution < 1.29 is 9.21 Å². The molecule has 2 atom stereocenters. The van der Waals surface area contributed by atoms with Gasteiger partial charge in [0.05, 0.1) is 31.0 Å². The van der Waals surface area contributed by atoms with Crippen LogP contribution in [0.4, 0.5) is 0 Å². The first-order valence-corrected chi connectivity index (χ1v) is 7.39. The van der Waals surface area contributed by atoms with Crippen molar-refractivity contribution in [2.24, 2.45) is 0 Å². The number of carbonyl (C=O) groups is 1. The number of likely N-dealkylation sites (tertiary alicyclic amines) is 1. The zero-order valence-electron chi connectivity index (χ0n) is 13.1. The summed E-state index contributed by atoms with van der Waals surface area (Å²) in [6, 6.07) is 2.23. The van der Waals surface area contributed by atoms with Crippen LogP contribution in [-0.2, 0) is 11.2 Å². The Morgan fingerprint density at radius 3 is 2.86 bits per heavy atom. The van der Waals surface area contributed by atoms with Gasteiger partial charge in [0.1, 0.15) is 5.76 Å². The van der Waals surface area contributed by atoms with Crippen LogP contribution in [0.2, 0.25) is 0 Å². The van der Waals surface area contributed by atoms with Crippen LogP contribution in [0, 0.1) is 6.92 Å². The van der Waals surface area contributed by atoms with E-state index in [4.69, 9.17) is 4.42 Å². The summed E-state index contributed by atoms with van der Waals surface area (Å²) in [5.41, 5.74) is 1.02. The second-order valence-corrected chi connectivity index (χ2v) is 5.98. The molecule has 1 aliphatic heterocycles. The lowest BCUT2D eigenvalue weighted by Gasteiger charge is -2.24. The quantitative estimate of drug-likeness (QED) is 0.833. The van der Waals surface area contributed by atoms with E-state index in [-0.39, 0.29) is 18.0 Å². The molecule has 1 fully saturated rings. The predicted octanol–water partition coefficient (Wildman–Crippen LogP) is 0.736. The van der Waals surface area contributed by atoms with Gasteiger partial charge in [0, 0.05) is 19.3 Å². The molecule has 1 saturated heterocycles. The minimum atomic E-state index is 0.0903. The van der Waals surface area contributed by atoms with Gasteiger partial charge in [-0.3, -0.25) is 4.79 Å². The molecule has 0 aromatic carbocycles. The van der Waals surface area contributed by atoms with Crippen molar-refractivity contribution in [1.82, 2.24) is 24.8 Å². The molecule has 0 bridgehead atoms. The molecule has 0 N–H and O–H groups in total. The fourth-order valence-electron chi connectivity index (χ4n) is 2.97. The maximum Gasteiger partial charge on any atom is 0.230 e. The van der Waals surface area contributed by atoms with Crippen molar-refractivity contribution in [1.29, 1.82) is 0 Å². The lowest BCUT2D eigenvalue weighted by atomic mass is 10.1. The predicted molar refractivity (Wildman–Crippen MR) is 80.3 cm³/mol. The Kier molecular flexibility index (Phi) is 3.98. The van der Waals surface area contributed by atoms with Gasteiger partial charge in [-0.2, -0.15) is 0 Å². The van der Waals surface area contributed by atoms with Crippen molar-refractivity contribution in [3.05, 3.63) is 36.0 Å². The first kappa shape index (κ1) is 14.8. The van der Waals surface area contributed by atoms with Crippen LogP contribution >= 0.6 is 0 Å². The summed E-state index contributed by atoms with van der Waals surface area (Å²) in [4.78, 5) is 16.6. The maximum absolute atomic E-state index is 12.6. The van der Waals surface area contributed by atoms with E-state index >= 15 is 0 Å². The van der Waals surface area contributed by atoms with E-state index < -0.39 is 0 Å². The molecule has 22 heavy (non-hydrogen) atoms. The molecule has 0 aliphatic carbocycles. The number of rotatable bonds is 4. The summed E-state index contributed by atoms with van der Waals surface area (Å²) < 4.78 is 7.23. The zero-order valence-corrected chi connectivity index (χ0v) is 13.1. The lowest BCUT2D eigenvalue weighted by Crippen LogP contribution is -2.37. The van der Waals surface area contributed by atoms with E-state index in [1.807, 2.05) is 42.9 Å². The van der Waals surface area contributed by atoms with Crippen LogP contribution in [0.5, 0.6) is 0 Å². The van der Waals surface area contributed by atoms with Gasteiger partial charge in [-0.05, 0) is 32.6 Å². The van der Waals surface area contributed by atoms with Gasteiger partial charge in [0.2, 0.25) is 5.91 Å². The molecule has 3 heterocycles. The van der Waals surface area contributed by atoms with Crippen LogP contribution in [0.25, 0.3) is 0 Å². The van der Waals surface area contributed by atoms with Crippen LogP contribution in [0.3, 0.4) is 0 Å². The van der Waals surface area contributed by atoms with Gasteiger partial charge in [-0.25, -0.2) is 4.68 Å². The summed E-state index contributed by atoms with van der Waals surface area (Å²) >= 11 is 0. The number of amides is 1. The van der Waals surface area contributed by atoms with Crippen molar-refractivity contribution >= 4 is 5.91 Å². The first-order chi connectivity index (χ1) is 10.6. The Bertz CT molecular complexity index is 634. The topological polar surface area (TPSA) is 67.4 Å². The fraction of sp³-hybridized carbons (Fsp3) is 0.533. The molecule has 0 unspecified atom stereocenters. The van der Waals surface area contributed by atoms with Gasteiger partial charge < -0.3 is 14.2 Å². The van der Waals surface area contributed by atoms with Gasteiger partial charge in [0.25, 0.3) is 0 Å². The Morgan fingerprint density at radius 2 is 2.27 bits per heavy atom. The van der Waals surface area contributed by atoms with E-state index in [1.165, 1.54) is 0 Å². The minimum Gasteiger partial charge on any atom is -0.469 e. The van der Waals surface area contributed by atoms with E-state index in [0.717, 1.165) is 11.3 Å². The molecule has 7 nitrogen and oxygen atoms in total. The number of furan rings is 1. The molecular weight excluding hydrogens is 282 g/mol. The van der Waals surface area contributed by atoms with Gasteiger partial charge >= 0.3 is 0 Å². The minimum absolute atomic E-state index is 0.0903. The number of hydrogen-bond donors (Lipinski definition) is 0. The number of hydrogen-bond acceptors (Lipinski definition) is 5. The van der Waals surface area contributed by atoms with Gasteiger partial charge in [-0.15, -0.1) is 5.10 Å².